The zero-order valence-electron chi connectivity index (χ0n) is 7.62. The van der Waals surface area contributed by atoms with E-state index in [-0.39, 0.29) is 5.75 Å². The lowest BCUT2D eigenvalue weighted by Gasteiger charge is -2.08. The molecule has 0 aliphatic carbocycles. The molecule has 3 N–H and O–H groups in total. The molecule has 0 fully saturated rings. The topological polar surface area (TPSA) is 72.2 Å². The number of nitrogens with two attached hydrogens (primary N) is 1. The van der Waals surface area contributed by atoms with Gasteiger partial charge in [-0.3, -0.25) is 4.72 Å². The van der Waals surface area contributed by atoms with Gasteiger partial charge in [-0.2, -0.15) is 0 Å². The van der Waals surface area contributed by atoms with E-state index in [0.717, 1.165) is 0 Å². The molecule has 1 aromatic carbocycles. The number of anilines is 2. The maximum atomic E-state index is 11.3. The Bertz CT molecular complexity index is 431. The van der Waals surface area contributed by atoms with Gasteiger partial charge in [-0.15, -0.1) is 0 Å². The van der Waals surface area contributed by atoms with Crippen molar-refractivity contribution in [3.05, 3.63) is 22.7 Å². The summed E-state index contributed by atoms with van der Waals surface area (Å²) in [6.07, 6.45) is 0. The number of benzene rings is 1. The van der Waals surface area contributed by atoms with Crippen LogP contribution in [0.25, 0.3) is 0 Å². The molecule has 0 atom stereocenters. The molecule has 1 rings (SSSR count). The number of sulfonamides is 1. The third-order valence-corrected chi connectivity index (χ3v) is 3.62. The Labute approximate surface area is 91.7 Å². The molecule has 14 heavy (non-hydrogen) atoms. The lowest BCUT2D eigenvalue weighted by Crippen LogP contribution is -2.15. The average molecular weight is 279 g/mol. The highest BCUT2D eigenvalue weighted by Gasteiger charge is 2.09. The molecular formula is C8H11BrN2O2S. The second-order valence-electron chi connectivity index (χ2n) is 2.74. The van der Waals surface area contributed by atoms with Gasteiger partial charge in [0.15, 0.2) is 0 Å². The van der Waals surface area contributed by atoms with E-state index in [2.05, 4.69) is 20.7 Å². The summed E-state index contributed by atoms with van der Waals surface area (Å²) in [6.45, 7) is 1.57. The second-order valence-corrected chi connectivity index (χ2v) is 5.61. The minimum Gasteiger partial charge on any atom is -0.399 e. The fourth-order valence-corrected chi connectivity index (χ4v) is 1.99. The Morgan fingerprint density at radius 2 is 2.14 bits per heavy atom. The van der Waals surface area contributed by atoms with Crippen molar-refractivity contribution in [2.24, 2.45) is 0 Å². The molecule has 0 aliphatic rings. The van der Waals surface area contributed by atoms with Gasteiger partial charge in [0.05, 0.1) is 11.4 Å². The van der Waals surface area contributed by atoms with Gasteiger partial charge >= 0.3 is 0 Å². The zero-order chi connectivity index (χ0) is 10.8. The number of nitrogen functional groups attached to an aromatic ring is 1. The molecule has 1 aromatic rings. The summed E-state index contributed by atoms with van der Waals surface area (Å²) in [7, 11) is -3.25. The fourth-order valence-electron chi connectivity index (χ4n) is 0.861. The Morgan fingerprint density at radius 3 is 2.71 bits per heavy atom. The summed E-state index contributed by atoms with van der Waals surface area (Å²) < 4.78 is 25.6. The van der Waals surface area contributed by atoms with E-state index in [4.69, 9.17) is 5.73 Å². The Hall–Kier alpha value is -0.750. The molecule has 0 unspecified atom stereocenters. The molecule has 0 heterocycles. The van der Waals surface area contributed by atoms with Crippen molar-refractivity contribution >= 4 is 37.3 Å². The largest absolute Gasteiger partial charge is 0.399 e. The number of hydrogen-bond acceptors (Lipinski definition) is 3. The third-order valence-electron chi connectivity index (χ3n) is 1.64. The smallest absolute Gasteiger partial charge is 0.232 e. The van der Waals surface area contributed by atoms with Crippen molar-refractivity contribution in [3.63, 3.8) is 0 Å². The summed E-state index contributed by atoms with van der Waals surface area (Å²) >= 11 is 3.23. The standard InChI is InChI=1S/C8H11BrN2O2S/c1-2-14(12,13)11-8-5-6(10)3-4-7(8)9/h3-5,11H,2,10H2,1H3. The molecule has 0 radical (unpaired) electrons. The maximum Gasteiger partial charge on any atom is 0.232 e. The van der Waals surface area contributed by atoms with Gasteiger partial charge in [-0.25, -0.2) is 8.42 Å². The van der Waals surface area contributed by atoms with Crippen LogP contribution in [0.5, 0.6) is 0 Å². The van der Waals surface area contributed by atoms with Crippen LogP contribution in [0.4, 0.5) is 11.4 Å². The summed E-state index contributed by atoms with van der Waals surface area (Å²) in [5, 5.41) is 0. The van der Waals surface area contributed by atoms with Crippen LogP contribution in [-0.2, 0) is 10.0 Å². The van der Waals surface area contributed by atoms with Crippen LogP contribution in [-0.4, -0.2) is 14.2 Å². The summed E-state index contributed by atoms with van der Waals surface area (Å²) in [4.78, 5) is 0. The highest BCUT2D eigenvalue weighted by Crippen LogP contribution is 2.25. The van der Waals surface area contributed by atoms with Crippen molar-refractivity contribution in [1.82, 2.24) is 0 Å². The first-order valence-electron chi connectivity index (χ1n) is 4.00. The van der Waals surface area contributed by atoms with E-state index in [1.807, 2.05) is 0 Å². The van der Waals surface area contributed by atoms with Crippen LogP contribution in [0.15, 0.2) is 22.7 Å². The van der Waals surface area contributed by atoms with Crippen LogP contribution in [0.2, 0.25) is 0 Å². The zero-order valence-corrected chi connectivity index (χ0v) is 10.0. The first kappa shape index (κ1) is 11.3. The van der Waals surface area contributed by atoms with Gasteiger partial charge in [-0.1, -0.05) is 0 Å². The quantitative estimate of drug-likeness (QED) is 0.828. The molecule has 6 heteroatoms. The van der Waals surface area contributed by atoms with Crippen LogP contribution in [0, 0.1) is 0 Å². The van der Waals surface area contributed by atoms with E-state index >= 15 is 0 Å². The van der Waals surface area contributed by atoms with Crippen molar-refractivity contribution in [2.75, 3.05) is 16.2 Å². The lowest BCUT2D eigenvalue weighted by molar-refractivity contribution is 0.602. The fraction of sp³-hybridized carbons (Fsp3) is 0.250. The molecule has 0 bridgehead atoms. The van der Waals surface area contributed by atoms with Crippen molar-refractivity contribution < 1.29 is 8.42 Å². The summed E-state index contributed by atoms with van der Waals surface area (Å²) in [5.74, 6) is 0.0360. The lowest BCUT2D eigenvalue weighted by atomic mass is 10.3. The minimum atomic E-state index is -3.25. The minimum absolute atomic E-state index is 0.0360. The second kappa shape index (κ2) is 4.18. The molecule has 4 nitrogen and oxygen atoms in total. The molecule has 0 aliphatic heterocycles. The number of halogens is 1. The van der Waals surface area contributed by atoms with Gasteiger partial charge in [-0.05, 0) is 41.1 Å². The molecule has 0 amide bonds. The Morgan fingerprint density at radius 1 is 1.50 bits per heavy atom. The van der Waals surface area contributed by atoms with Gasteiger partial charge in [0.25, 0.3) is 0 Å². The summed E-state index contributed by atoms with van der Waals surface area (Å²) in [5.41, 5.74) is 6.51. The van der Waals surface area contributed by atoms with Gasteiger partial charge in [0.1, 0.15) is 0 Å². The SMILES string of the molecule is CCS(=O)(=O)Nc1cc(N)ccc1Br. The van der Waals surface area contributed by atoms with Gasteiger partial charge < -0.3 is 5.73 Å². The third kappa shape index (κ3) is 2.88. The first-order valence-corrected chi connectivity index (χ1v) is 6.44. The van der Waals surface area contributed by atoms with Crippen LogP contribution in [0.1, 0.15) is 6.92 Å². The molecular weight excluding hydrogens is 268 g/mol. The van der Waals surface area contributed by atoms with Gasteiger partial charge in [0.2, 0.25) is 10.0 Å². The molecule has 0 saturated heterocycles. The average Bonchev–Trinajstić information content (AvgIpc) is 2.11. The van der Waals surface area contributed by atoms with E-state index in [1.165, 1.54) is 0 Å². The highest BCUT2D eigenvalue weighted by atomic mass is 79.9. The Balaban J connectivity index is 3.03. The Kier molecular flexibility index (Phi) is 3.38. The number of hydrogen-bond donors (Lipinski definition) is 2. The highest BCUT2D eigenvalue weighted by molar-refractivity contribution is 9.10. The first-order chi connectivity index (χ1) is 6.44. The predicted octanol–water partition coefficient (Wildman–Crippen LogP) is 1.79. The normalized spacial score (nSPS) is 11.3. The number of rotatable bonds is 3. The van der Waals surface area contributed by atoms with Crippen LogP contribution < -0.4 is 10.5 Å². The van der Waals surface area contributed by atoms with Crippen molar-refractivity contribution in [1.29, 1.82) is 0 Å². The molecule has 78 valence electrons. The maximum absolute atomic E-state index is 11.3. The van der Waals surface area contributed by atoms with E-state index < -0.39 is 10.0 Å². The van der Waals surface area contributed by atoms with Crippen molar-refractivity contribution in [3.8, 4) is 0 Å². The molecule has 0 saturated carbocycles. The monoisotopic (exact) mass is 278 g/mol. The molecule has 0 spiro atoms. The van der Waals surface area contributed by atoms with Gasteiger partial charge in [0, 0.05) is 10.2 Å². The van der Waals surface area contributed by atoms with Crippen LogP contribution >= 0.6 is 15.9 Å². The van der Waals surface area contributed by atoms with Crippen LogP contribution in [0.3, 0.4) is 0 Å². The van der Waals surface area contributed by atoms with E-state index in [1.54, 1.807) is 25.1 Å². The van der Waals surface area contributed by atoms with Crippen molar-refractivity contribution in [2.45, 2.75) is 6.92 Å². The molecule has 0 aromatic heterocycles. The summed E-state index contributed by atoms with van der Waals surface area (Å²) in [6, 6.07) is 4.95. The van der Waals surface area contributed by atoms with E-state index in [9.17, 15) is 8.42 Å². The predicted molar refractivity (Wildman–Crippen MR) is 61.6 cm³/mol. The number of nitrogens with one attached hydrogen (secondary N) is 1. The van der Waals surface area contributed by atoms with E-state index in [0.29, 0.717) is 15.8 Å².